The second-order valence-electron chi connectivity index (χ2n) is 7.58. The third-order valence-electron chi connectivity index (χ3n) is 5.54. The van der Waals surface area contributed by atoms with Crippen LogP contribution in [0.4, 0.5) is 8.78 Å². The number of amides is 1. The van der Waals surface area contributed by atoms with Gasteiger partial charge in [0.2, 0.25) is 0 Å². The summed E-state index contributed by atoms with van der Waals surface area (Å²) < 4.78 is 28.4. The molecule has 0 aliphatic carbocycles. The summed E-state index contributed by atoms with van der Waals surface area (Å²) in [5, 5.41) is 4.72. The molecule has 1 amide bonds. The van der Waals surface area contributed by atoms with Crippen LogP contribution >= 0.6 is 0 Å². The van der Waals surface area contributed by atoms with Crippen LogP contribution in [-0.4, -0.2) is 52.2 Å². The van der Waals surface area contributed by atoms with Gasteiger partial charge in [-0.2, -0.15) is 5.10 Å². The first-order valence-corrected chi connectivity index (χ1v) is 9.51. The molecule has 3 heterocycles. The van der Waals surface area contributed by atoms with E-state index in [-0.39, 0.29) is 11.8 Å². The zero-order valence-electron chi connectivity index (χ0n) is 15.5. The summed E-state index contributed by atoms with van der Waals surface area (Å²) >= 11 is 0. The number of carbonyl (C=O) groups excluding carboxylic acids is 1. The maximum Gasteiger partial charge on any atom is 0.271 e. The molecule has 1 atom stereocenters. The highest BCUT2D eigenvalue weighted by Gasteiger charge is 2.28. The third kappa shape index (κ3) is 3.74. The Labute approximate surface area is 157 Å². The van der Waals surface area contributed by atoms with E-state index >= 15 is 0 Å². The molecule has 2 aromatic rings. The lowest BCUT2D eigenvalue weighted by Crippen LogP contribution is -2.34. The van der Waals surface area contributed by atoms with Gasteiger partial charge in [0.1, 0.15) is 5.69 Å². The molecule has 1 fully saturated rings. The number of rotatable bonds is 3. The highest BCUT2D eigenvalue weighted by atomic mass is 19.2. The van der Waals surface area contributed by atoms with Gasteiger partial charge in [0.05, 0.1) is 5.69 Å². The molecule has 0 spiro atoms. The van der Waals surface area contributed by atoms with Gasteiger partial charge in [-0.1, -0.05) is 6.07 Å². The molecule has 2 aliphatic heterocycles. The van der Waals surface area contributed by atoms with Gasteiger partial charge in [-0.05, 0) is 49.6 Å². The first-order valence-electron chi connectivity index (χ1n) is 9.51. The fraction of sp³-hybridized carbons (Fsp3) is 0.500. The van der Waals surface area contributed by atoms with Gasteiger partial charge in [0, 0.05) is 39.1 Å². The minimum atomic E-state index is -0.815. The predicted octanol–water partition coefficient (Wildman–Crippen LogP) is 3.02. The fourth-order valence-electron chi connectivity index (χ4n) is 4.07. The van der Waals surface area contributed by atoms with E-state index in [0.717, 1.165) is 56.7 Å². The molecule has 144 valence electrons. The Balaban J connectivity index is 1.48. The van der Waals surface area contributed by atoms with Crippen LogP contribution in [0, 0.1) is 11.6 Å². The van der Waals surface area contributed by atoms with Crippen LogP contribution in [0.3, 0.4) is 0 Å². The summed E-state index contributed by atoms with van der Waals surface area (Å²) in [6, 6.07) is 6.03. The monoisotopic (exact) mass is 374 g/mol. The molecule has 7 heteroatoms. The minimum Gasteiger partial charge on any atom is -0.340 e. The highest BCUT2D eigenvalue weighted by molar-refractivity contribution is 5.92. The first-order chi connectivity index (χ1) is 13.0. The summed E-state index contributed by atoms with van der Waals surface area (Å²) in [5.41, 5.74) is 2.40. The van der Waals surface area contributed by atoms with Gasteiger partial charge in [0.25, 0.3) is 5.91 Å². The topological polar surface area (TPSA) is 41.4 Å². The lowest BCUT2D eigenvalue weighted by atomic mass is 9.94. The van der Waals surface area contributed by atoms with Crippen molar-refractivity contribution in [3.8, 4) is 0 Å². The molecule has 2 aliphatic rings. The van der Waals surface area contributed by atoms with Crippen molar-refractivity contribution in [1.29, 1.82) is 0 Å². The first kappa shape index (κ1) is 18.1. The molecule has 1 saturated heterocycles. The summed E-state index contributed by atoms with van der Waals surface area (Å²) in [4.78, 5) is 16.5. The molecule has 4 rings (SSSR count). The predicted molar refractivity (Wildman–Crippen MR) is 97.4 cm³/mol. The van der Waals surface area contributed by atoms with E-state index in [0.29, 0.717) is 12.2 Å². The molecule has 5 nitrogen and oxygen atoms in total. The number of nitrogens with zero attached hydrogens (tertiary/aromatic N) is 4. The number of hydrogen-bond donors (Lipinski definition) is 0. The normalized spacial score (nSPS) is 21.2. The largest absolute Gasteiger partial charge is 0.340 e. The Morgan fingerprint density at radius 1 is 1.11 bits per heavy atom. The van der Waals surface area contributed by atoms with Crippen molar-refractivity contribution in [3.63, 3.8) is 0 Å². The van der Waals surface area contributed by atoms with E-state index in [4.69, 9.17) is 5.10 Å². The standard InChI is InChI=1S/C20H24F2N4O/c1-24-7-3-9-26-19(20(24)27)11-18(23-26)15-4-2-8-25(13-15)12-14-5-6-16(21)17(22)10-14/h5-6,10-11,15H,2-4,7-9,12-13H2,1H3. The number of benzene rings is 1. The summed E-state index contributed by atoms with van der Waals surface area (Å²) in [5.74, 6) is -1.34. The third-order valence-corrected chi connectivity index (χ3v) is 5.54. The number of halogens is 2. The smallest absolute Gasteiger partial charge is 0.271 e. The maximum absolute atomic E-state index is 13.5. The molecule has 1 aromatic heterocycles. The summed E-state index contributed by atoms with van der Waals surface area (Å²) in [6.07, 6.45) is 2.95. The number of carbonyl (C=O) groups is 1. The van der Waals surface area contributed by atoms with Gasteiger partial charge < -0.3 is 4.90 Å². The van der Waals surface area contributed by atoms with Crippen molar-refractivity contribution in [2.24, 2.45) is 0 Å². The minimum absolute atomic E-state index is 0.0284. The van der Waals surface area contributed by atoms with Crippen molar-refractivity contribution in [3.05, 3.63) is 52.9 Å². The Kier molecular flexibility index (Phi) is 4.95. The molecular weight excluding hydrogens is 350 g/mol. The van der Waals surface area contributed by atoms with Crippen LogP contribution in [0.5, 0.6) is 0 Å². The van der Waals surface area contributed by atoms with E-state index in [1.807, 2.05) is 17.8 Å². The van der Waals surface area contributed by atoms with Crippen molar-refractivity contribution in [2.75, 3.05) is 26.7 Å². The average molecular weight is 374 g/mol. The van der Waals surface area contributed by atoms with Crippen molar-refractivity contribution < 1.29 is 13.6 Å². The number of fused-ring (bicyclic) bond motifs is 1. The summed E-state index contributed by atoms with van der Waals surface area (Å²) in [6.45, 7) is 3.83. The van der Waals surface area contributed by atoms with Crippen LogP contribution in [0.15, 0.2) is 24.3 Å². The zero-order valence-corrected chi connectivity index (χ0v) is 15.5. The van der Waals surface area contributed by atoms with E-state index in [9.17, 15) is 13.6 Å². The van der Waals surface area contributed by atoms with Crippen molar-refractivity contribution >= 4 is 5.91 Å². The lowest BCUT2D eigenvalue weighted by Gasteiger charge is -2.32. The molecule has 1 aromatic carbocycles. The summed E-state index contributed by atoms with van der Waals surface area (Å²) in [7, 11) is 1.83. The van der Waals surface area contributed by atoms with Gasteiger partial charge in [0.15, 0.2) is 11.6 Å². The Hall–Kier alpha value is -2.28. The second kappa shape index (κ2) is 7.38. The van der Waals surface area contributed by atoms with Crippen molar-refractivity contribution in [1.82, 2.24) is 19.6 Å². The van der Waals surface area contributed by atoms with Crippen LogP contribution < -0.4 is 0 Å². The second-order valence-corrected chi connectivity index (χ2v) is 7.58. The van der Waals surface area contributed by atoms with Gasteiger partial charge in [-0.25, -0.2) is 8.78 Å². The Morgan fingerprint density at radius 3 is 2.78 bits per heavy atom. The van der Waals surface area contributed by atoms with E-state index < -0.39 is 11.6 Å². The number of aromatic nitrogens is 2. The number of piperidine rings is 1. The molecular formula is C20H24F2N4O. The SMILES string of the molecule is CN1CCCn2nc(C3CCCN(Cc4ccc(F)c(F)c4)C3)cc2C1=O. The Morgan fingerprint density at radius 2 is 1.96 bits per heavy atom. The van der Waals surface area contributed by atoms with Gasteiger partial charge in [-0.15, -0.1) is 0 Å². The maximum atomic E-state index is 13.5. The molecule has 0 bridgehead atoms. The van der Waals surface area contributed by atoms with Gasteiger partial charge in [-0.3, -0.25) is 14.4 Å². The molecule has 27 heavy (non-hydrogen) atoms. The zero-order chi connectivity index (χ0) is 19.0. The molecule has 1 unspecified atom stereocenters. The number of aryl methyl sites for hydroxylation is 1. The van der Waals surface area contributed by atoms with Gasteiger partial charge >= 0.3 is 0 Å². The Bertz CT molecular complexity index is 851. The number of hydrogen-bond acceptors (Lipinski definition) is 3. The van der Waals surface area contributed by atoms with E-state index in [2.05, 4.69) is 4.90 Å². The lowest BCUT2D eigenvalue weighted by molar-refractivity contribution is 0.0796. The fourth-order valence-corrected chi connectivity index (χ4v) is 4.07. The van der Waals surface area contributed by atoms with Crippen LogP contribution in [0.25, 0.3) is 0 Å². The molecule has 0 saturated carbocycles. The van der Waals surface area contributed by atoms with Crippen LogP contribution in [0.1, 0.15) is 46.9 Å². The highest BCUT2D eigenvalue weighted by Crippen LogP contribution is 2.28. The van der Waals surface area contributed by atoms with E-state index in [1.54, 1.807) is 11.0 Å². The van der Waals surface area contributed by atoms with E-state index in [1.165, 1.54) is 12.1 Å². The quantitative estimate of drug-likeness (QED) is 0.829. The van der Waals surface area contributed by atoms with Crippen LogP contribution in [-0.2, 0) is 13.1 Å². The molecule has 0 radical (unpaired) electrons. The van der Waals surface area contributed by atoms with Crippen LogP contribution in [0.2, 0.25) is 0 Å². The average Bonchev–Trinajstić information content (AvgIpc) is 3.03. The molecule has 0 N–H and O–H groups in total. The number of likely N-dealkylation sites (tertiary alicyclic amines) is 1. The van der Waals surface area contributed by atoms with Crippen molar-refractivity contribution in [2.45, 2.75) is 38.3 Å².